The van der Waals surface area contributed by atoms with Crippen molar-refractivity contribution in [2.75, 3.05) is 52.5 Å². The second-order valence-corrected chi connectivity index (χ2v) is 14.9. The second-order valence-electron chi connectivity index (χ2n) is 14.9. The molecule has 4 fully saturated rings. The van der Waals surface area contributed by atoms with Crippen molar-refractivity contribution in [1.29, 1.82) is 0 Å². The highest BCUT2D eigenvalue weighted by molar-refractivity contribution is 5.92. The molecular weight excluding hydrogens is 692 g/mol. The van der Waals surface area contributed by atoms with E-state index < -0.39 is 48.6 Å². The van der Waals surface area contributed by atoms with Gasteiger partial charge in [-0.3, -0.25) is 19.4 Å². The topological polar surface area (TPSA) is 130 Å². The molecule has 12 nitrogen and oxygen atoms in total. The van der Waals surface area contributed by atoms with E-state index in [0.717, 1.165) is 77.5 Å². The lowest BCUT2D eigenvalue weighted by Crippen LogP contribution is -2.36. The van der Waals surface area contributed by atoms with Gasteiger partial charge in [0.05, 0.1) is 37.4 Å². The first-order valence-electron chi connectivity index (χ1n) is 20.0. The van der Waals surface area contributed by atoms with Crippen LogP contribution >= 0.6 is 0 Å². The molecule has 12 heteroatoms. The predicted molar refractivity (Wildman–Crippen MR) is 199 cm³/mol. The monoisotopic (exact) mass is 748 g/mol. The summed E-state index contributed by atoms with van der Waals surface area (Å²) in [6.07, 6.45) is 5.06. The number of hydrogen-bond donors (Lipinski definition) is 0. The Hall–Kier alpha value is -3.84. The number of esters is 4. The average Bonchev–Trinajstić information content (AvgIpc) is 4.01. The van der Waals surface area contributed by atoms with E-state index in [1.54, 1.807) is 24.3 Å². The zero-order chi connectivity index (χ0) is 37.9. The summed E-state index contributed by atoms with van der Waals surface area (Å²) in [5, 5.41) is 0. The number of hydrogen-bond acceptors (Lipinski definition) is 12. The van der Waals surface area contributed by atoms with Gasteiger partial charge in [0.15, 0.2) is 12.2 Å². The Morgan fingerprint density at radius 2 is 1.02 bits per heavy atom. The highest BCUT2D eigenvalue weighted by Gasteiger charge is 2.51. The van der Waals surface area contributed by atoms with E-state index >= 15 is 0 Å². The van der Waals surface area contributed by atoms with Crippen LogP contribution in [0.4, 0.5) is 0 Å². The molecule has 54 heavy (non-hydrogen) atoms. The zero-order valence-corrected chi connectivity index (χ0v) is 31.8. The fourth-order valence-corrected chi connectivity index (χ4v) is 7.93. The standard InChI is InChI=1S/C42H56N2O10/c1-3-5-19-33(51-37(45)25-43-21-11-12-22-43)29-15-7-9-17-31(29)41(47)53-35-27-49-40-36(28-50-39(35)40)54-42(48)32-18-10-8-16-30(32)34(20-6-4-2)52-38(46)26-44-23-13-14-24-44/h7-10,15-18,33-36,39-40H,3-6,11-14,19-28H2,1-2H3/t33-,34-,35-,36+,39+,40+/m0/s1. The van der Waals surface area contributed by atoms with Crippen molar-refractivity contribution in [3.63, 3.8) is 0 Å². The quantitative estimate of drug-likeness (QED) is 0.131. The summed E-state index contributed by atoms with van der Waals surface area (Å²) in [5.74, 6) is -1.73. The van der Waals surface area contributed by atoms with Gasteiger partial charge in [0.1, 0.15) is 24.4 Å². The highest BCUT2D eigenvalue weighted by atomic mass is 16.7. The number of benzene rings is 2. The number of rotatable bonds is 18. The molecule has 4 aliphatic heterocycles. The molecule has 294 valence electrons. The summed E-state index contributed by atoms with van der Waals surface area (Å²) >= 11 is 0. The lowest BCUT2D eigenvalue weighted by atomic mass is 9.98. The SMILES string of the molecule is CCCC[C@H](OC(=O)CN1CCCC1)c1ccccc1C(=O)O[C@H]1CO[C@H]2[C@@H]1OC[C@H]2OC(=O)c1ccccc1[C@H](CCCC)OC(=O)CN1CCCC1. The minimum absolute atomic E-state index is 0.0734. The van der Waals surface area contributed by atoms with Gasteiger partial charge in [-0.2, -0.15) is 0 Å². The largest absolute Gasteiger partial charge is 0.457 e. The van der Waals surface area contributed by atoms with Crippen LogP contribution in [0.3, 0.4) is 0 Å². The van der Waals surface area contributed by atoms with Gasteiger partial charge in [-0.15, -0.1) is 0 Å². The molecule has 6 rings (SSSR count). The Kier molecular flexibility index (Phi) is 14.5. The molecule has 6 atom stereocenters. The summed E-state index contributed by atoms with van der Waals surface area (Å²) in [4.78, 5) is 57.6. The maximum Gasteiger partial charge on any atom is 0.339 e. The van der Waals surface area contributed by atoms with Gasteiger partial charge in [-0.05, 0) is 89.7 Å². The Morgan fingerprint density at radius 1 is 0.630 bits per heavy atom. The Labute approximate surface area is 318 Å². The van der Waals surface area contributed by atoms with Crippen molar-refractivity contribution in [2.24, 2.45) is 0 Å². The fourth-order valence-electron chi connectivity index (χ4n) is 7.93. The molecule has 0 saturated carbocycles. The molecule has 0 amide bonds. The van der Waals surface area contributed by atoms with E-state index in [-0.39, 0.29) is 38.2 Å². The maximum absolute atomic E-state index is 13.7. The number of unbranched alkanes of at least 4 members (excludes halogenated alkanes) is 2. The number of fused-ring (bicyclic) bond motifs is 1. The minimum Gasteiger partial charge on any atom is -0.457 e. The zero-order valence-electron chi connectivity index (χ0n) is 31.8. The molecule has 2 aromatic carbocycles. The molecule has 0 unspecified atom stereocenters. The van der Waals surface area contributed by atoms with Crippen molar-refractivity contribution >= 4 is 23.9 Å². The van der Waals surface area contributed by atoms with Gasteiger partial charge < -0.3 is 28.4 Å². The molecular formula is C42H56N2O10. The molecule has 0 radical (unpaired) electrons. The van der Waals surface area contributed by atoms with Crippen molar-refractivity contribution in [3.8, 4) is 0 Å². The summed E-state index contributed by atoms with van der Waals surface area (Å²) in [6.45, 7) is 8.29. The predicted octanol–water partition coefficient (Wildman–Crippen LogP) is 5.98. The van der Waals surface area contributed by atoms with E-state index in [4.69, 9.17) is 28.4 Å². The van der Waals surface area contributed by atoms with Gasteiger partial charge in [0, 0.05) is 11.1 Å². The van der Waals surface area contributed by atoms with Crippen LogP contribution in [0.25, 0.3) is 0 Å². The first-order chi connectivity index (χ1) is 26.3. The van der Waals surface area contributed by atoms with Gasteiger partial charge in [0.25, 0.3) is 0 Å². The summed E-state index contributed by atoms with van der Waals surface area (Å²) in [6, 6.07) is 14.2. The molecule has 2 aromatic rings. The Balaban J connectivity index is 1.08. The van der Waals surface area contributed by atoms with Crippen molar-refractivity contribution < 1.29 is 47.6 Å². The maximum atomic E-state index is 13.7. The van der Waals surface area contributed by atoms with Crippen LogP contribution < -0.4 is 0 Å². The minimum atomic E-state index is -0.730. The van der Waals surface area contributed by atoms with Crippen LogP contribution in [0.2, 0.25) is 0 Å². The highest BCUT2D eigenvalue weighted by Crippen LogP contribution is 2.34. The van der Waals surface area contributed by atoms with E-state index in [9.17, 15) is 19.2 Å². The third-order valence-electron chi connectivity index (χ3n) is 10.8. The summed E-state index contributed by atoms with van der Waals surface area (Å²) in [7, 11) is 0. The smallest absolute Gasteiger partial charge is 0.339 e. The number of carbonyl (C=O) groups is 4. The van der Waals surface area contributed by atoms with Crippen LogP contribution in [0.5, 0.6) is 0 Å². The fraction of sp³-hybridized carbons (Fsp3) is 0.619. The van der Waals surface area contributed by atoms with Crippen LogP contribution in [0.1, 0.15) is 122 Å². The Bertz CT molecular complexity index is 1460. The first-order valence-corrected chi connectivity index (χ1v) is 20.0. The van der Waals surface area contributed by atoms with Crippen molar-refractivity contribution in [2.45, 2.75) is 115 Å². The molecule has 0 spiro atoms. The van der Waals surface area contributed by atoms with E-state index in [0.29, 0.717) is 35.1 Å². The van der Waals surface area contributed by atoms with Crippen molar-refractivity contribution in [1.82, 2.24) is 9.80 Å². The third kappa shape index (κ3) is 10.3. The first kappa shape index (κ1) is 39.8. The van der Waals surface area contributed by atoms with Crippen molar-refractivity contribution in [3.05, 3.63) is 70.8 Å². The second kappa shape index (κ2) is 19.7. The van der Waals surface area contributed by atoms with Gasteiger partial charge in [0.2, 0.25) is 0 Å². The number of nitrogens with zero attached hydrogens (tertiary/aromatic N) is 2. The molecule has 4 saturated heterocycles. The lowest BCUT2D eigenvalue weighted by Gasteiger charge is -2.23. The summed E-state index contributed by atoms with van der Waals surface area (Å²) in [5.41, 5.74) is 1.87. The molecule has 0 bridgehead atoms. The molecule has 0 N–H and O–H groups in total. The lowest BCUT2D eigenvalue weighted by molar-refractivity contribution is -0.152. The van der Waals surface area contributed by atoms with E-state index in [1.807, 2.05) is 24.3 Å². The average molecular weight is 749 g/mol. The molecule has 4 aliphatic rings. The third-order valence-corrected chi connectivity index (χ3v) is 10.8. The normalized spacial score (nSPS) is 23.8. The number of likely N-dealkylation sites (tertiary alicyclic amines) is 2. The van der Waals surface area contributed by atoms with Crippen LogP contribution in [0, 0.1) is 0 Å². The van der Waals surface area contributed by atoms with Crippen LogP contribution in [-0.2, 0) is 38.0 Å². The van der Waals surface area contributed by atoms with E-state index in [1.165, 1.54) is 0 Å². The molecule has 0 aliphatic carbocycles. The Morgan fingerprint density at radius 3 is 1.41 bits per heavy atom. The van der Waals surface area contributed by atoms with E-state index in [2.05, 4.69) is 23.6 Å². The van der Waals surface area contributed by atoms with Gasteiger partial charge >= 0.3 is 23.9 Å². The van der Waals surface area contributed by atoms with Crippen LogP contribution in [-0.4, -0.2) is 111 Å². The van der Waals surface area contributed by atoms with Gasteiger partial charge in [-0.1, -0.05) is 63.1 Å². The van der Waals surface area contributed by atoms with Crippen LogP contribution in [0.15, 0.2) is 48.5 Å². The molecule has 4 heterocycles. The summed E-state index contributed by atoms with van der Waals surface area (Å²) < 4.78 is 36.1. The number of ether oxygens (including phenoxy) is 6. The van der Waals surface area contributed by atoms with Gasteiger partial charge in [-0.25, -0.2) is 9.59 Å². The number of carbonyl (C=O) groups excluding carboxylic acids is 4. The molecule has 0 aromatic heterocycles.